The SMILES string of the molecule is O=C(C[C@@H]1C[C@@]2(Br)C[C@]1(Br)C(Br)=C2Br)Oc1ccc(Br)cc1. The molecule has 2 aliphatic rings. The molecule has 1 aromatic carbocycles. The van der Waals surface area contributed by atoms with Crippen molar-refractivity contribution in [1.29, 1.82) is 0 Å². The number of carbonyl (C=O) groups is 1. The molecule has 3 atom stereocenters. The number of alkyl halides is 2. The fourth-order valence-electron chi connectivity index (χ4n) is 3.09. The molecule has 1 fully saturated rings. The second kappa shape index (κ2) is 6.28. The third-order valence-corrected chi connectivity index (χ3v) is 10.9. The largest absolute Gasteiger partial charge is 0.427 e. The molecule has 0 aromatic heterocycles. The van der Waals surface area contributed by atoms with Gasteiger partial charge in [-0.1, -0.05) is 79.6 Å². The Morgan fingerprint density at radius 3 is 2.32 bits per heavy atom. The smallest absolute Gasteiger partial charge is 0.311 e. The zero-order chi connectivity index (χ0) is 16.1. The van der Waals surface area contributed by atoms with Crippen LogP contribution in [0.4, 0.5) is 0 Å². The molecular formula is C15H11Br5O2. The van der Waals surface area contributed by atoms with Gasteiger partial charge in [-0.25, -0.2) is 0 Å². The van der Waals surface area contributed by atoms with Gasteiger partial charge in [-0.15, -0.1) is 0 Å². The van der Waals surface area contributed by atoms with Crippen LogP contribution in [-0.2, 0) is 4.79 Å². The zero-order valence-corrected chi connectivity index (χ0v) is 19.1. The number of benzene rings is 1. The van der Waals surface area contributed by atoms with Crippen LogP contribution in [0.5, 0.6) is 5.75 Å². The first-order valence-electron chi connectivity index (χ1n) is 6.65. The predicted molar refractivity (Wildman–Crippen MR) is 105 cm³/mol. The lowest BCUT2D eigenvalue weighted by atomic mass is 9.90. The van der Waals surface area contributed by atoms with E-state index >= 15 is 0 Å². The molecule has 0 saturated heterocycles. The molecule has 1 saturated carbocycles. The van der Waals surface area contributed by atoms with Crippen LogP contribution >= 0.6 is 79.6 Å². The number of esters is 1. The Kier molecular flexibility index (Phi) is 5.04. The minimum Gasteiger partial charge on any atom is -0.427 e. The van der Waals surface area contributed by atoms with Crippen LogP contribution in [0.1, 0.15) is 19.3 Å². The van der Waals surface area contributed by atoms with Gasteiger partial charge in [0.1, 0.15) is 5.75 Å². The highest BCUT2D eigenvalue weighted by Crippen LogP contribution is 2.68. The molecule has 1 aromatic rings. The van der Waals surface area contributed by atoms with Gasteiger partial charge in [-0.05, 0) is 43.0 Å². The maximum Gasteiger partial charge on any atom is 0.311 e. The number of ether oxygens (including phenoxy) is 1. The van der Waals surface area contributed by atoms with Gasteiger partial charge >= 0.3 is 5.97 Å². The topological polar surface area (TPSA) is 26.3 Å². The fraction of sp³-hybridized carbons (Fsp3) is 0.400. The van der Waals surface area contributed by atoms with Crippen LogP contribution < -0.4 is 4.74 Å². The molecule has 2 bridgehead atoms. The van der Waals surface area contributed by atoms with E-state index in [1.165, 1.54) is 0 Å². The molecule has 0 spiro atoms. The third-order valence-electron chi connectivity index (χ3n) is 4.16. The molecular weight excluding hydrogens is 612 g/mol. The minimum absolute atomic E-state index is 0.0854. The number of rotatable bonds is 3. The molecule has 3 rings (SSSR count). The average Bonchev–Trinajstić information content (AvgIpc) is 2.80. The molecule has 118 valence electrons. The van der Waals surface area contributed by atoms with Gasteiger partial charge in [-0.3, -0.25) is 4.79 Å². The van der Waals surface area contributed by atoms with E-state index in [1.807, 2.05) is 12.1 Å². The van der Waals surface area contributed by atoms with Crippen molar-refractivity contribution in [2.24, 2.45) is 5.92 Å². The van der Waals surface area contributed by atoms with Gasteiger partial charge in [0, 0.05) is 13.4 Å². The molecule has 7 heteroatoms. The first-order valence-corrected chi connectivity index (χ1v) is 10.6. The maximum atomic E-state index is 12.3. The van der Waals surface area contributed by atoms with Gasteiger partial charge in [0.15, 0.2) is 0 Å². The van der Waals surface area contributed by atoms with Gasteiger partial charge in [0.25, 0.3) is 0 Å². The Hall–Kier alpha value is 0.830. The summed E-state index contributed by atoms with van der Waals surface area (Å²) in [4.78, 5) is 12.3. The van der Waals surface area contributed by atoms with E-state index in [2.05, 4.69) is 79.6 Å². The lowest BCUT2D eigenvalue weighted by Crippen LogP contribution is -2.30. The zero-order valence-electron chi connectivity index (χ0n) is 11.2. The fourth-order valence-corrected chi connectivity index (χ4v) is 7.79. The van der Waals surface area contributed by atoms with Crippen molar-refractivity contribution in [3.63, 3.8) is 0 Å². The number of allylic oxidation sites excluding steroid dienone is 2. The summed E-state index contributed by atoms with van der Waals surface area (Å²) in [5, 5.41) is 0. The van der Waals surface area contributed by atoms with Crippen molar-refractivity contribution in [2.75, 3.05) is 0 Å². The van der Waals surface area contributed by atoms with Crippen molar-refractivity contribution in [2.45, 2.75) is 27.9 Å². The van der Waals surface area contributed by atoms with E-state index in [1.54, 1.807) is 12.1 Å². The highest BCUT2D eigenvalue weighted by Gasteiger charge is 2.61. The summed E-state index contributed by atoms with van der Waals surface area (Å²) in [6.07, 6.45) is 2.19. The predicted octanol–water partition coefficient (Wildman–Crippen LogP) is 6.44. The quantitative estimate of drug-likeness (QED) is 0.221. The number of fused-ring (bicyclic) bond motifs is 2. The lowest BCUT2D eigenvalue weighted by Gasteiger charge is -2.30. The first-order chi connectivity index (χ1) is 10.2. The van der Waals surface area contributed by atoms with E-state index < -0.39 is 0 Å². The summed E-state index contributed by atoms with van der Waals surface area (Å²) in [6.45, 7) is 0. The van der Waals surface area contributed by atoms with Crippen LogP contribution in [-0.4, -0.2) is 14.6 Å². The van der Waals surface area contributed by atoms with Crippen molar-refractivity contribution < 1.29 is 9.53 Å². The molecule has 0 unspecified atom stereocenters. The highest BCUT2D eigenvalue weighted by molar-refractivity contribution is 9.16. The molecule has 0 heterocycles. The summed E-state index contributed by atoms with van der Waals surface area (Å²) in [5.41, 5.74) is 0. The van der Waals surface area contributed by atoms with Crippen molar-refractivity contribution in [3.8, 4) is 5.75 Å². The van der Waals surface area contributed by atoms with Crippen molar-refractivity contribution in [1.82, 2.24) is 0 Å². The van der Waals surface area contributed by atoms with Gasteiger partial charge in [0.2, 0.25) is 0 Å². The number of hydrogen-bond acceptors (Lipinski definition) is 2. The van der Waals surface area contributed by atoms with Crippen LogP contribution in [0.15, 0.2) is 37.7 Å². The Morgan fingerprint density at radius 1 is 1.14 bits per heavy atom. The van der Waals surface area contributed by atoms with Crippen molar-refractivity contribution in [3.05, 3.63) is 37.7 Å². The van der Waals surface area contributed by atoms with Gasteiger partial charge in [0.05, 0.1) is 15.1 Å². The summed E-state index contributed by atoms with van der Waals surface area (Å²) in [5.74, 6) is 0.557. The molecule has 0 radical (unpaired) electrons. The molecule has 0 amide bonds. The van der Waals surface area contributed by atoms with Gasteiger partial charge in [-0.2, -0.15) is 0 Å². The number of halogens is 5. The molecule has 2 aliphatic carbocycles. The normalized spacial score (nSPS) is 33.4. The van der Waals surface area contributed by atoms with Crippen LogP contribution in [0.25, 0.3) is 0 Å². The highest BCUT2D eigenvalue weighted by atomic mass is 79.9. The second-order valence-electron chi connectivity index (χ2n) is 5.67. The maximum absolute atomic E-state index is 12.3. The lowest BCUT2D eigenvalue weighted by molar-refractivity contribution is -0.135. The summed E-state index contributed by atoms with van der Waals surface area (Å²) in [6, 6.07) is 7.28. The van der Waals surface area contributed by atoms with E-state index in [9.17, 15) is 4.79 Å². The van der Waals surface area contributed by atoms with Crippen LogP contribution in [0.3, 0.4) is 0 Å². The molecule has 2 nitrogen and oxygen atoms in total. The van der Waals surface area contributed by atoms with Crippen LogP contribution in [0.2, 0.25) is 0 Å². The summed E-state index contributed by atoms with van der Waals surface area (Å²) in [7, 11) is 0. The average molecular weight is 623 g/mol. The van der Waals surface area contributed by atoms with Crippen LogP contribution in [0, 0.1) is 5.92 Å². The summed E-state index contributed by atoms with van der Waals surface area (Å²) >= 11 is 18.3. The first kappa shape index (κ1) is 17.6. The monoisotopic (exact) mass is 618 g/mol. The standard InChI is InChI=1S/C15H11Br5O2/c16-9-1-3-10(4-2-9)22-11(21)5-8-6-14(19)7-15(8,20)13(18)12(14)17/h1-4,8H,5-7H2/t8-,14-,15-/m1/s1. The van der Waals surface area contributed by atoms with E-state index in [-0.39, 0.29) is 20.5 Å². The van der Waals surface area contributed by atoms with E-state index in [0.717, 1.165) is 26.3 Å². The van der Waals surface area contributed by atoms with Crippen molar-refractivity contribution >= 4 is 85.6 Å². The summed E-state index contributed by atoms with van der Waals surface area (Å²) < 4.78 is 8.33. The Labute approximate surface area is 171 Å². The Bertz CT molecular complexity index is 656. The number of hydrogen-bond donors (Lipinski definition) is 0. The Morgan fingerprint density at radius 2 is 1.77 bits per heavy atom. The molecule has 0 N–H and O–H groups in total. The second-order valence-corrected chi connectivity index (χ2v) is 11.1. The van der Waals surface area contributed by atoms with Gasteiger partial charge < -0.3 is 4.74 Å². The van der Waals surface area contributed by atoms with E-state index in [4.69, 9.17) is 4.74 Å². The molecule has 22 heavy (non-hydrogen) atoms. The Balaban J connectivity index is 1.70. The molecule has 0 aliphatic heterocycles. The third kappa shape index (κ3) is 3.05. The van der Waals surface area contributed by atoms with E-state index in [0.29, 0.717) is 12.2 Å². The minimum atomic E-state index is -0.203. The number of carbonyl (C=O) groups excluding carboxylic acids is 1.